The van der Waals surface area contributed by atoms with Gasteiger partial charge in [0.15, 0.2) is 9.84 Å². The zero-order valence-corrected chi connectivity index (χ0v) is 19.9. The van der Waals surface area contributed by atoms with E-state index in [-0.39, 0.29) is 28.9 Å². The molecule has 0 radical (unpaired) electrons. The molecule has 0 spiro atoms. The molecule has 0 aliphatic carbocycles. The summed E-state index contributed by atoms with van der Waals surface area (Å²) in [6.45, 7) is 6.06. The van der Waals surface area contributed by atoms with Crippen LogP contribution in [0.2, 0.25) is 0 Å². The van der Waals surface area contributed by atoms with Crippen LogP contribution in [0.4, 0.5) is 5.69 Å². The number of amides is 2. The Hall–Kier alpha value is -2.71. The Labute approximate surface area is 195 Å². The molecule has 2 aliphatic heterocycles. The minimum atomic E-state index is -3.57. The number of sulfone groups is 1. The molecule has 0 unspecified atom stereocenters. The Bertz CT molecular complexity index is 1110. The minimum Gasteiger partial charge on any atom is -0.340 e. The quantitative estimate of drug-likeness (QED) is 0.623. The van der Waals surface area contributed by atoms with Crippen LogP contribution in [-0.4, -0.2) is 68.5 Å². The molecule has 2 amide bonds. The van der Waals surface area contributed by atoms with Crippen LogP contribution < -0.4 is 4.90 Å². The van der Waals surface area contributed by atoms with Crippen molar-refractivity contribution < 1.29 is 18.0 Å². The number of hydrogen-bond donors (Lipinski definition) is 0. The van der Waals surface area contributed by atoms with Crippen molar-refractivity contribution in [1.29, 1.82) is 0 Å². The van der Waals surface area contributed by atoms with Crippen LogP contribution in [0, 0.1) is 0 Å². The average Bonchev–Trinajstić information content (AvgIpc) is 3.27. The number of rotatable bonds is 7. The highest BCUT2D eigenvalue weighted by Gasteiger charge is 2.27. The summed E-state index contributed by atoms with van der Waals surface area (Å²) in [5, 5.41) is 0. The van der Waals surface area contributed by atoms with Gasteiger partial charge in [-0.05, 0) is 35.7 Å². The molecule has 2 aromatic carbocycles. The summed E-state index contributed by atoms with van der Waals surface area (Å²) in [6.07, 6.45) is 1.05. The number of benzene rings is 2. The maximum Gasteiger partial charge on any atom is 0.226 e. The molecular formula is C25H31N3O4S. The van der Waals surface area contributed by atoms with Gasteiger partial charge >= 0.3 is 0 Å². The number of piperazine rings is 1. The highest BCUT2D eigenvalue weighted by Crippen LogP contribution is 2.31. The second kappa shape index (κ2) is 10.1. The van der Waals surface area contributed by atoms with Crippen molar-refractivity contribution in [2.75, 3.05) is 43.4 Å². The maximum atomic E-state index is 12.9. The van der Waals surface area contributed by atoms with Gasteiger partial charge in [0.05, 0.1) is 10.6 Å². The van der Waals surface area contributed by atoms with Crippen molar-refractivity contribution in [1.82, 2.24) is 9.80 Å². The minimum absolute atomic E-state index is 0.0153. The van der Waals surface area contributed by atoms with Gasteiger partial charge in [-0.1, -0.05) is 37.3 Å². The summed E-state index contributed by atoms with van der Waals surface area (Å²) in [5.41, 5.74) is 2.92. The standard InChI is InChI=1S/C25H31N3O4S/c1-2-24(29)28-12-10-21-18-22(8-9-23(21)28)33(31,32)17-11-25(30)27-15-13-26(14-16-27)19-20-6-4-3-5-7-20/h3-9,18H,2,10-17,19H2,1H3. The van der Waals surface area contributed by atoms with Gasteiger partial charge in [0.25, 0.3) is 0 Å². The van der Waals surface area contributed by atoms with Crippen LogP contribution in [0.25, 0.3) is 0 Å². The molecule has 0 atom stereocenters. The second-order valence-corrected chi connectivity index (χ2v) is 10.8. The van der Waals surface area contributed by atoms with E-state index in [9.17, 15) is 18.0 Å². The predicted molar refractivity (Wildman–Crippen MR) is 128 cm³/mol. The smallest absolute Gasteiger partial charge is 0.226 e. The van der Waals surface area contributed by atoms with Crippen molar-refractivity contribution in [3.8, 4) is 0 Å². The number of fused-ring (bicyclic) bond motifs is 1. The summed E-state index contributed by atoms with van der Waals surface area (Å²) < 4.78 is 25.8. The molecule has 33 heavy (non-hydrogen) atoms. The van der Waals surface area contributed by atoms with E-state index in [1.54, 1.807) is 28.0 Å². The number of anilines is 1. The molecule has 0 bridgehead atoms. The van der Waals surface area contributed by atoms with Gasteiger partial charge in [0.2, 0.25) is 11.8 Å². The Morgan fingerprint density at radius 1 is 0.909 bits per heavy atom. The van der Waals surface area contributed by atoms with E-state index < -0.39 is 9.84 Å². The van der Waals surface area contributed by atoms with E-state index >= 15 is 0 Å². The van der Waals surface area contributed by atoms with Gasteiger partial charge in [-0.15, -0.1) is 0 Å². The zero-order valence-electron chi connectivity index (χ0n) is 19.1. The summed E-state index contributed by atoms with van der Waals surface area (Å²) >= 11 is 0. The molecule has 2 aliphatic rings. The van der Waals surface area contributed by atoms with Crippen LogP contribution in [-0.2, 0) is 32.4 Å². The molecular weight excluding hydrogens is 438 g/mol. The van der Waals surface area contributed by atoms with Gasteiger partial charge in [-0.3, -0.25) is 14.5 Å². The predicted octanol–water partition coefficient (Wildman–Crippen LogP) is 2.49. The second-order valence-electron chi connectivity index (χ2n) is 8.65. The van der Waals surface area contributed by atoms with E-state index in [0.29, 0.717) is 32.5 Å². The first-order valence-electron chi connectivity index (χ1n) is 11.6. The topological polar surface area (TPSA) is 78.0 Å². The number of hydrogen-bond acceptors (Lipinski definition) is 5. The van der Waals surface area contributed by atoms with Crippen LogP contribution in [0.3, 0.4) is 0 Å². The van der Waals surface area contributed by atoms with Gasteiger partial charge in [0.1, 0.15) is 0 Å². The lowest BCUT2D eigenvalue weighted by atomic mass is 10.2. The third kappa shape index (κ3) is 5.45. The molecule has 0 saturated carbocycles. The van der Waals surface area contributed by atoms with Crippen molar-refractivity contribution >= 4 is 27.3 Å². The summed E-state index contributed by atoms with van der Waals surface area (Å²) in [7, 11) is -3.57. The number of carbonyl (C=O) groups is 2. The van der Waals surface area contributed by atoms with E-state index in [1.807, 2.05) is 25.1 Å². The monoisotopic (exact) mass is 469 g/mol. The first-order chi connectivity index (χ1) is 15.9. The average molecular weight is 470 g/mol. The summed E-state index contributed by atoms with van der Waals surface area (Å²) in [5.74, 6) is -0.274. The Morgan fingerprint density at radius 2 is 1.64 bits per heavy atom. The molecule has 0 N–H and O–H groups in total. The van der Waals surface area contributed by atoms with E-state index in [1.165, 1.54) is 5.56 Å². The van der Waals surface area contributed by atoms with E-state index in [4.69, 9.17) is 0 Å². The lowest BCUT2D eigenvalue weighted by Gasteiger charge is -2.34. The molecule has 0 aromatic heterocycles. The van der Waals surface area contributed by atoms with Crippen molar-refractivity contribution in [2.24, 2.45) is 0 Å². The number of carbonyl (C=O) groups excluding carboxylic acids is 2. The first kappa shape index (κ1) is 23.4. The van der Waals surface area contributed by atoms with E-state index in [0.717, 1.165) is 30.9 Å². The lowest BCUT2D eigenvalue weighted by molar-refractivity contribution is -0.132. The fourth-order valence-electron chi connectivity index (χ4n) is 4.52. The third-order valence-corrected chi connectivity index (χ3v) is 8.18. The molecule has 1 fully saturated rings. The fourth-order valence-corrected chi connectivity index (χ4v) is 5.79. The van der Waals surface area contributed by atoms with Crippen LogP contribution in [0.15, 0.2) is 53.4 Å². The fraction of sp³-hybridized carbons (Fsp3) is 0.440. The maximum absolute atomic E-state index is 12.9. The third-order valence-electron chi connectivity index (χ3n) is 6.47. The highest BCUT2D eigenvalue weighted by atomic mass is 32.2. The Kier molecular flexibility index (Phi) is 7.14. The molecule has 2 aromatic rings. The zero-order chi connectivity index (χ0) is 23.4. The van der Waals surface area contributed by atoms with Gasteiger partial charge in [-0.2, -0.15) is 0 Å². The largest absolute Gasteiger partial charge is 0.340 e. The summed E-state index contributed by atoms with van der Waals surface area (Å²) in [4.78, 5) is 30.8. The number of nitrogens with zero attached hydrogens (tertiary/aromatic N) is 3. The van der Waals surface area contributed by atoms with Crippen molar-refractivity contribution in [3.05, 3.63) is 59.7 Å². The Balaban J connectivity index is 1.30. The molecule has 8 heteroatoms. The van der Waals surface area contributed by atoms with Crippen molar-refractivity contribution in [3.63, 3.8) is 0 Å². The first-order valence-corrected chi connectivity index (χ1v) is 13.2. The van der Waals surface area contributed by atoms with Crippen LogP contribution in [0.1, 0.15) is 30.9 Å². The molecule has 1 saturated heterocycles. The van der Waals surface area contributed by atoms with Crippen LogP contribution in [0.5, 0.6) is 0 Å². The molecule has 176 valence electrons. The normalized spacial score (nSPS) is 16.6. The van der Waals surface area contributed by atoms with Crippen molar-refractivity contribution in [2.45, 2.75) is 37.6 Å². The lowest BCUT2D eigenvalue weighted by Crippen LogP contribution is -2.48. The Morgan fingerprint density at radius 3 is 2.33 bits per heavy atom. The highest BCUT2D eigenvalue weighted by molar-refractivity contribution is 7.91. The van der Waals surface area contributed by atoms with Crippen LogP contribution >= 0.6 is 0 Å². The van der Waals surface area contributed by atoms with Gasteiger partial charge < -0.3 is 9.80 Å². The van der Waals surface area contributed by atoms with Gasteiger partial charge in [-0.25, -0.2) is 8.42 Å². The van der Waals surface area contributed by atoms with E-state index in [2.05, 4.69) is 17.0 Å². The summed E-state index contributed by atoms with van der Waals surface area (Å²) in [6, 6.07) is 15.2. The SMILES string of the molecule is CCC(=O)N1CCc2cc(S(=O)(=O)CCC(=O)N3CCN(Cc4ccccc4)CC3)ccc21. The van der Waals surface area contributed by atoms with Gasteiger partial charge in [0, 0.05) is 57.8 Å². The molecule has 4 rings (SSSR count). The molecule has 2 heterocycles. The molecule has 7 nitrogen and oxygen atoms in total.